The van der Waals surface area contributed by atoms with E-state index in [-0.39, 0.29) is 12.1 Å². The number of hydrogen-bond donors (Lipinski definition) is 1. The normalized spacial score (nSPS) is 17.0. The number of carbonyl (C=O) groups excluding carboxylic acids is 1. The number of benzene rings is 1. The van der Waals surface area contributed by atoms with E-state index in [1.165, 1.54) is 6.07 Å². The van der Waals surface area contributed by atoms with Crippen molar-refractivity contribution in [3.63, 3.8) is 0 Å². The van der Waals surface area contributed by atoms with Crippen LogP contribution in [0.5, 0.6) is 0 Å². The average Bonchev–Trinajstić information content (AvgIpc) is 2.94. The second-order valence-electron chi connectivity index (χ2n) is 8.77. The zero-order valence-electron chi connectivity index (χ0n) is 17.9. The highest BCUT2D eigenvalue weighted by atomic mass is 19.1. The predicted molar refractivity (Wildman–Crippen MR) is 112 cm³/mol. The summed E-state index contributed by atoms with van der Waals surface area (Å²) in [5, 5.41) is 10.2. The van der Waals surface area contributed by atoms with E-state index in [4.69, 9.17) is 4.74 Å². The molecule has 0 fully saturated rings. The number of amides is 1. The van der Waals surface area contributed by atoms with Crippen LogP contribution in [0.3, 0.4) is 0 Å². The lowest BCUT2D eigenvalue weighted by atomic mass is 9.86. The fourth-order valence-electron chi connectivity index (χ4n) is 3.93. The zero-order valence-corrected chi connectivity index (χ0v) is 17.9. The van der Waals surface area contributed by atoms with Gasteiger partial charge in [0.2, 0.25) is 0 Å². The van der Waals surface area contributed by atoms with E-state index in [2.05, 4.69) is 11.1 Å². The van der Waals surface area contributed by atoms with Crippen LogP contribution < -0.4 is 0 Å². The van der Waals surface area contributed by atoms with Crippen LogP contribution in [0.4, 0.5) is 9.18 Å². The van der Waals surface area contributed by atoms with Crippen LogP contribution >= 0.6 is 0 Å². The Bertz CT molecular complexity index is 1040. The molecule has 1 heterocycles. The van der Waals surface area contributed by atoms with Crippen LogP contribution in [0.2, 0.25) is 0 Å². The van der Waals surface area contributed by atoms with Crippen LogP contribution in [-0.4, -0.2) is 34.7 Å². The van der Waals surface area contributed by atoms with Crippen LogP contribution in [0.15, 0.2) is 12.1 Å². The standard InChI is InChI=1S/C23H28FN3O2/c1-13-14(2)26-21-16(12-25)11-18(24)20(19(13)21)15-8-7-9-17(10-15)27(6)22(28)29-23(3,4)5/h8,11,17,26H,7,9-10H2,1-6H3/t17-/m0/s1. The van der Waals surface area contributed by atoms with Crippen molar-refractivity contribution >= 4 is 22.6 Å². The van der Waals surface area contributed by atoms with Gasteiger partial charge < -0.3 is 14.6 Å². The molecule has 1 aromatic heterocycles. The van der Waals surface area contributed by atoms with E-state index >= 15 is 4.39 Å². The van der Waals surface area contributed by atoms with Crippen molar-refractivity contribution in [1.82, 2.24) is 9.88 Å². The highest BCUT2D eigenvalue weighted by molar-refractivity contribution is 5.98. The Morgan fingerprint density at radius 3 is 2.69 bits per heavy atom. The van der Waals surface area contributed by atoms with Gasteiger partial charge in [-0.2, -0.15) is 5.26 Å². The number of H-pyrrole nitrogens is 1. The van der Waals surface area contributed by atoms with Gasteiger partial charge in [-0.25, -0.2) is 9.18 Å². The number of nitrogens with zero attached hydrogens (tertiary/aromatic N) is 2. The summed E-state index contributed by atoms with van der Waals surface area (Å²) in [5.74, 6) is -0.400. The SMILES string of the molecule is Cc1[nH]c2c(C#N)cc(F)c(C3=CCC[C@H](N(C)C(=O)OC(C)(C)C)C3)c2c1C. The van der Waals surface area contributed by atoms with E-state index < -0.39 is 11.4 Å². The third kappa shape index (κ3) is 4.00. The third-order valence-electron chi connectivity index (χ3n) is 5.55. The number of allylic oxidation sites excluding steroid dienone is 1. The fraction of sp³-hybridized carbons (Fsp3) is 0.478. The number of hydrogen-bond acceptors (Lipinski definition) is 3. The summed E-state index contributed by atoms with van der Waals surface area (Å²) in [6.07, 6.45) is 3.76. The van der Waals surface area contributed by atoms with Crippen LogP contribution in [-0.2, 0) is 4.74 Å². The molecule has 6 heteroatoms. The van der Waals surface area contributed by atoms with Crippen molar-refractivity contribution in [2.75, 3.05) is 7.05 Å². The minimum absolute atomic E-state index is 0.0738. The maximum Gasteiger partial charge on any atom is 0.410 e. The lowest BCUT2D eigenvalue weighted by Gasteiger charge is -2.33. The molecule has 154 valence electrons. The maximum absolute atomic E-state index is 15.1. The van der Waals surface area contributed by atoms with E-state index in [1.54, 1.807) is 11.9 Å². The number of nitriles is 1. The Morgan fingerprint density at radius 2 is 2.07 bits per heavy atom. The zero-order chi connectivity index (χ0) is 21.5. The molecule has 0 bridgehead atoms. The number of nitrogens with one attached hydrogen (secondary N) is 1. The molecular formula is C23H28FN3O2. The first kappa shape index (κ1) is 20.9. The smallest absolute Gasteiger partial charge is 0.410 e. The van der Waals surface area contributed by atoms with E-state index in [9.17, 15) is 10.1 Å². The Balaban J connectivity index is 1.99. The second-order valence-corrected chi connectivity index (χ2v) is 8.77. The van der Waals surface area contributed by atoms with Crippen molar-refractivity contribution in [3.05, 3.63) is 40.3 Å². The summed E-state index contributed by atoms with van der Waals surface area (Å²) < 4.78 is 20.6. The molecule has 0 saturated carbocycles. The highest BCUT2D eigenvalue weighted by Gasteiger charge is 2.29. The van der Waals surface area contributed by atoms with Gasteiger partial charge in [0.15, 0.2) is 0 Å². The monoisotopic (exact) mass is 397 g/mol. The van der Waals surface area contributed by atoms with Crippen molar-refractivity contribution in [2.24, 2.45) is 0 Å². The van der Waals surface area contributed by atoms with Gasteiger partial charge in [-0.1, -0.05) is 6.08 Å². The molecule has 1 aliphatic carbocycles. The molecular weight excluding hydrogens is 369 g/mol. The minimum Gasteiger partial charge on any atom is -0.444 e. The first-order chi connectivity index (χ1) is 13.5. The lowest BCUT2D eigenvalue weighted by Crippen LogP contribution is -2.41. The molecule has 2 aromatic rings. The van der Waals surface area contributed by atoms with Gasteiger partial charge in [0.25, 0.3) is 0 Å². The number of fused-ring (bicyclic) bond motifs is 1. The molecule has 29 heavy (non-hydrogen) atoms. The molecule has 1 aliphatic rings. The van der Waals surface area contributed by atoms with Gasteiger partial charge in [-0.05, 0) is 71.1 Å². The number of ether oxygens (including phenoxy) is 1. The number of rotatable bonds is 2. The van der Waals surface area contributed by atoms with Gasteiger partial charge in [0, 0.05) is 29.7 Å². The first-order valence-electron chi connectivity index (χ1n) is 9.90. The largest absolute Gasteiger partial charge is 0.444 e. The first-order valence-corrected chi connectivity index (χ1v) is 9.90. The second kappa shape index (κ2) is 7.55. The molecule has 0 radical (unpaired) electrons. The lowest BCUT2D eigenvalue weighted by molar-refractivity contribution is 0.0216. The van der Waals surface area contributed by atoms with Crippen LogP contribution in [0, 0.1) is 31.0 Å². The summed E-state index contributed by atoms with van der Waals surface area (Å²) in [6.45, 7) is 9.37. The Morgan fingerprint density at radius 1 is 1.38 bits per heavy atom. The fourth-order valence-corrected chi connectivity index (χ4v) is 3.93. The van der Waals surface area contributed by atoms with E-state index in [0.717, 1.165) is 35.1 Å². The Kier molecular flexibility index (Phi) is 5.44. The van der Waals surface area contributed by atoms with Gasteiger partial charge in [0.05, 0.1) is 11.1 Å². The van der Waals surface area contributed by atoms with Gasteiger partial charge >= 0.3 is 6.09 Å². The van der Waals surface area contributed by atoms with Gasteiger partial charge in [-0.3, -0.25) is 0 Å². The summed E-state index contributed by atoms with van der Waals surface area (Å²) in [5.41, 5.74) is 3.66. The molecule has 1 atom stereocenters. The van der Waals surface area contributed by atoms with E-state index in [0.29, 0.717) is 23.1 Å². The average molecular weight is 397 g/mol. The van der Waals surface area contributed by atoms with Gasteiger partial charge in [0.1, 0.15) is 17.5 Å². The van der Waals surface area contributed by atoms with Crippen molar-refractivity contribution in [2.45, 2.75) is 65.5 Å². The molecule has 0 aliphatic heterocycles. The van der Waals surface area contributed by atoms with Crippen LogP contribution in [0.25, 0.3) is 16.5 Å². The molecule has 0 saturated heterocycles. The summed E-state index contributed by atoms with van der Waals surface area (Å²) in [7, 11) is 1.73. The molecule has 1 amide bonds. The van der Waals surface area contributed by atoms with Crippen LogP contribution in [0.1, 0.15) is 62.4 Å². The molecule has 5 nitrogen and oxygen atoms in total. The number of halogens is 1. The molecule has 0 spiro atoms. The number of aromatic amines is 1. The summed E-state index contributed by atoms with van der Waals surface area (Å²) >= 11 is 0. The summed E-state index contributed by atoms with van der Waals surface area (Å²) in [6, 6.07) is 3.31. The Labute approximate surface area is 171 Å². The van der Waals surface area contributed by atoms with E-state index in [1.807, 2.05) is 40.7 Å². The number of carbonyl (C=O) groups is 1. The van der Waals surface area contributed by atoms with Crippen molar-refractivity contribution in [1.29, 1.82) is 5.26 Å². The predicted octanol–water partition coefficient (Wildman–Crippen LogP) is 5.60. The quantitative estimate of drug-likeness (QED) is 0.717. The molecule has 0 unspecified atom stereocenters. The topological polar surface area (TPSA) is 69.1 Å². The minimum atomic E-state index is -0.566. The van der Waals surface area contributed by atoms with Crippen molar-refractivity contribution in [3.8, 4) is 6.07 Å². The number of aromatic nitrogens is 1. The number of aryl methyl sites for hydroxylation is 2. The third-order valence-corrected chi connectivity index (χ3v) is 5.55. The van der Waals surface area contributed by atoms with Gasteiger partial charge in [-0.15, -0.1) is 0 Å². The summed E-state index contributed by atoms with van der Waals surface area (Å²) in [4.78, 5) is 17.3. The highest BCUT2D eigenvalue weighted by Crippen LogP contribution is 2.38. The van der Waals surface area contributed by atoms with Crippen molar-refractivity contribution < 1.29 is 13.9 Å². The maximum atomic E-state index is 15.1. The Hall–Kier alpha value is -2.81. The molecule has 1 aromatic carbocycles. The molecule has 1 N–H and O–H groups in total. The molecule has 3 rings (SSSR count).